The molecule has 0 aliphatic rings. The summed E-state index contributed by atoms with van der Waals surface area (Å²) in [5.41, 5.74) is 3.04. The number of aromatic nitrogens is 2. The van der Waals surface area contributed by atoms with E-state index in [1.165, 1.54) is 7.11 Å². The molecule has 1 aromatic heterocycles. The molecule has 5 nitrogen and oxygen atoms in total. The highest BCUT2D eigenvalue weighted by atomic mass is 16.5. The number of carbonyl (C=O) groups is 1. The molecule has 16 heavy (non-hydrogen) atoms. The SMILES string of the molecule is COC(=O)CNCc1ccc2nc[nH]c2c1. The number of hydrogen-bond acceptors (Lipinski definition) is 4. The lowest BCUT2D eigenvalue weighted by atomic mass is 10.2. The van der Waals surface area contributed by atoms with Crippen molar-refractivity contribution >= 4 is 17.0 Å². The van der Waals surface area contributed by atoms with Gasteiger partial charge >= 0.3 is 5.97 Å². The van der Waals surface area contributed by atoms with E-state index >= 15 is 0 Å². The average molecular weight is 219 g/mol. The zero-order valence-corrected chi connectivity index (χ0v) is 8.99. The molecule has 0 saturated carbocycles. The lowest BCUT2D eigenvalue weighted by Crippen LogP contribution is -2.23. The second-order valence-corrected chi connectivity index (χ2v) is 3.43. The third-order valence-corrected chi connectivity index (χ3v) is 2.31. The van der Waals surface area contributed by atoms with E-state index in [2.05, 4.69) is 20.0 Å². The summed E-state index contributed by atoms with van der Waals surface area (Å²) >= 11 is 0. The summed E-state index contributed by atoms with van der Waals surface area (Å²) in [4.78, 5) is 18.0. The fraction of sp³-hybridized carbons (Fsp3) is 0.273. The molecule has 0 amide bonds. The van der Waals surface area contributed by atoms with Crippen LogP contribution in [0, 0.1) is 0 Å². The Bertz CT molecular complexity index is 493. The van der Waals surface area contributed by atoms with Crippen molar-refractivity contribution in [1.29, 1.82) is 0 Å². The van der Waals surface area contributed by atoms with E-state index in [-0.39, 0.29) is 12.5 Å². The van der Waals surface area contributed by atoms with Gasteiger partial charge in [-0.1, -0.05) is 6.07 Å². The number of aromatic amines is 1. The summed E-state index contributed by atoms with van der Waals surface area (Å²) in [7, 11) is 1.38. The lowest BCUT2D eigenvalue weighted by molar-refractivity contribution is -0.139. The van der Waals surface area contributed by atoms with Gasteiger partial charge < -0.3 is 15.0 Å². The summed E-state index contributed by atoms with van der Waals surface area (Å²) in [6.07, 6.45) is 1.66. The Morgan fingerprint density at radius 1 is 1.56 bits per heavy atom. The number of nitrogens with one attached hydrogen (secondary N) is 2. The van der Waals surface area contributed by atoms with Crippen molar-refractivity contribution in [3.05, 3.63) is 30.1 Å². The first-order valence-corrected chi connectivity index (χ1v) is 4.99. The van der Waals surface area contributed by atoms with E-state index in [0.29, 0.717) is 6.54 Å². The molecule has 0 radical (unpaired) electrons. The Morgan fingerprint density at radius 2 is 2.44 bits per heavy atom. The monoisotopic (exact) mass is 219 g/mol. The smallest absolute Gasteiger partial charge is 0.319 e. The second kappa shape index (κ2) is 4.76. The molecule has 0 fully saturated rings. The largest absolute Gasteiger partial charge is 0.468 e. The van der Waals surface area contributed by atoms with Crippen LogP contribution in [-0.4, -0.2) is 29.6 Å². The number of benzene rings is 1. The van der Waals surface area contributed by atoms with E-state index in [9.17, 15) is 4.79 Å². The number of fused-ring (bicyclic) bond motifs is 1. The second-order valence-electron chi connectivity index (χ2n) is 3.43. The van der Waals surface area contributed by atoms with Crippen molar-refractivity contribution in [2.45, 2.75) is 6.54 Å². The number of carbonyl (C=O) groups excluding carboxylic acids is 1. The lowest BCUT2D eigenvalue weighted by Gasteiger charge is -2.03. The summed E-state index contributed by atoms with van der Waals surface area (Å²) in [5, 5.41) is 3.00. The van der Waals surface area contributed by atoms with Crippen molar-refractivity contribution < 1.29 is 9.53 Å². The molecule has 0 unspecified atom stereocenters. The quantitative estimate of drug-likeness (QED) is 0.747. The van der Waals surface area contributed by atoms with Gasteiger partial charge in [0.1, 0.15) is 0 Å². The zero-order chi connectivity index (χ0) is 11.4. The van der Waals surface area contributed by atoms with Crippen LogP contribution in [0.1, 0.15) is 5.56 Å². The van der Waals surface area contributed by atoms with Gasteiger partial charge in [0.2, 0.25) is 0 Å². The van der Waals surface area contributed by atoms with Gasteiger partial charge in [-0.15, -0.1) is 0 Å². The molecule has 84 valence electrons. The number of imidazole rings is 1. The molecular formula is C11H13N3O2. The minimum Gasteiger partial charge on any atom is -0.468 e. The first-order valence-electron chi connectivity index (χ1n) is 4.99. The number of esters is 1. The minimum absolute atomic E-state index is 0.220. The molecule has 1 heterocycles. The van der Waals surface area contributed by atoms with Crippen molar-refractivity contribution in [2.24, 2.45) is 0 Å². The molecule has 2 N–H and O–H groups in total. The molecule has 2 rings (SSSR count). The van der Waals surface area contributed by atoms with Crippen molar-refractivity contribution in [3.8, 4) is 0 Å². The van der Waals surface area contributed by atoms with E-state index in [1.807, 2.05) is 18.2 Å². The standard InChI is InChI=1S/C11H13N3O2/c1-16-11(15)6-12-5-8-2-3-9-10(4-8)14-7-13-9/h2-4,7,12H,5-6H2,1H3,(H,13,14). The van der Waals surface area contributed by atoms with Gasteiger partial charge in [0.25, 0.3) is 0 Å². The number of hydrogen-bond donors (Lipinski definition) is 2. The molecule has 1 aromatic carbocycles. The van der Waals surface area contributed by atoms with Crippen LogP contribution in [0.15, 0.2) is 24.5 Å². The summed E-state index contributed by atoms with van der Waals surface area (Å²) in [6.45, 7) is 0.849. The van der Waals surface area contributed by atoms with Crippen LogP contribution in [0.4, 0.5) is 0 Å². The van der Waals surface area contributed by atoms with E-state index in [4.69, 9.17) is 0 Å². The maximum absolute atomic E-state index is 10.9. The van der Waals surface area contributed by atoms with Gasteiger partial charge in [0, 0.05) is 6.54 Å². The highest BCUT2D eigenvalue weighted by molar-refractivity contribution is 5.75. The van der Waals surface area contributed by atoms with Gasteiger partial charge in [0.15, 0.2) is 0 Å². The van der Waals surface area contributed by atoms with Crippen molar-refractivity contribution in [2.75, 3.05) is 13.7 Å². The fourth-order valence-electron chi connectivity index (χ4n) is 1.47. The summed E-state index contributed by atoms with van der Waals surface area (Å²) in [5.74, 6) is -0.261. The topological polar surface area (TPSA) is 67.0 Å². The first kappa shape index (κ1) is 10.6. The summed E-state index contributed by atoms with van der Waals surface area (Å²) < 4.78 is 4.53. The summed E-state index contributed by atoms with van der Waals surface area (Å²) in [6, 6.07) is 5.93. The van der Waals surface area contributed by atoms with Crippen LogP contribution in [0.5, 0.6) is 0 Å². The maximum atomic E-state index is 10.9. The predicted molar refractivity (Wildman–Crippen MR) is 59.8 cm³/mol. The molecular weight excluding hydrogens is 206 g/mol. The fourth-order valence-corrected chi connectivity index (χ4v) is 1.47. The van der Waals surface area contributed by atoms with E-state index in [1.54, 1.807) is 6.33 Å². The number of ether oxygens (including phenoxy) is 1. The Kier molecular flexibility index (Phi) is 3.16. The Morgan fingerprint density at radius 3 is 3.25 bits per heavy atom. The van der Waals surface area contributed by atoms with Gasteiger partial charge in [-0.3, -0.25) is 4.79 Å². The molecule has 5 heteroatoms. The molecule has 0 saturated heterocycles. The van der Waals surface area contributed by atoms with Crippen LogP contribution in [-0.2, 0) is 16.1 Å². The van der Waals surface area contributed by atoms with Crippen LogP contribution < -0.4 is 5.32 Å². The van der Waals surface area contributed by atoms with E-state index < -0.39 is 0 Å². The highest BCUT2D eigenvalue weighted by Gasteiger charge is 2.01. The molecule has 0 aliphatic carbocycles. The first-order chi connectivity index (χ1) is 7.79. The molecule has 0 bridgehead atoms. The molecule has 0 atom stereocenters. The number of methoxy groups -OCH3 is 1. The Labute approximate surface area is 92.8 Å². The van der Waals surface area contributed by atoms with Crippen molar-refractivity contribution in [3.63, 3.8) is 0 Å². The Hall–Kier alpha value is -1.88. The molecule has 0 spiro atoms. The molecule has 0 aliphatic heterocycles. The number of H-pyrrole nitrogens is 1. The van der Waals surface area contributed by atoms with Gasteiger partial charge in [0.05, 0.1) is 31.0 Å². The third-order valence-electron chi connectivity index (χ3n) is 2.31. The van der Waals surface area contributed by atoms with E-state index in [0.717, 1.165) is 16.6 Å². The van der Waals surface area contributed by atoms with Crippen LogP contribution in [0.3, 0.4) is 0 Å². The van der Waals surface area contributed by atoms with Crippen LogP contribution in [0.25, 0.3) is 11.0 Å². The predicted octanol–water partition coefficient (Wildman–Crippen LogP) is 0.825. The Balaban J connectivity index is 1.96. The number of nitrogens with zero attached hydrogens (tertiary/aromatic N) is 1. The van der Waals surface area contributed by atoms with Crippen LogP contribution in [0.2, 0.25) is 0 Å². The molecule has 2 aromatic rings. The minimum atomic E-state index is -0.261. The highest BCUT2D eigenvalue weighted by Crippen LogP contribution is 2.11. The number of rotatable bonds is 4. The van der Waals surface area contributed by atoms with Gasteiger partial charge in [-0.2, -0.15) is 0 Å². The van der Waals surface area contributed by atoms with Crippen LogP contribution >= 0.6 is 0 Å². The normalized spacial score (nSPS) is 10.6. The maximum Gasteiger partial charge on any atom is 0.319 e. The van der Waals surface area contributed by atoms with Gasteiger partial charge in [-0.25, -0.2) is 4.98 Å². The van der Waals surface area contributed by atoms with Crippen molar-refractivity contribution in [1.82, 2.24) is 15.3 Å². The zero-order valence-electron chi connectivity index (χ0n) is 8.99. The third kappa shape index (κ3) is 2.38. The average Bonchev–Trinajstić information content (AvgIpc) is 2.76. The van der Waals surface area contributed by atoms with Gasteiger partial charge in [-0.05, 0) is 17.7 Å².